The highest BCUT2D eigenvalue weighted by atomic mass is 35.5. The van der Waals surface area contributed by atoms with Gasteiger partial charge in [0.1, 0.15) is 6.04 Å². The predicted molar refractivity (Wildman–Crippen MR) is 121 cm³/mol. The fourth-order valence-electron chi connectivity index (χ4n) is 2.85. The van der Waals surface area contributed by atoms with Crippen molar-refractivity contribution >= 4 is 35.2 Å². The van der Waals surface area contributed by atoms with Crippen molar-refractivity contribution in [3.63, 3.8) is 0 Å². The van der Waals surface area contributed by atoms with Crippen LogP contribution >= 0.6 is 23.4 Å². The van der Waals surface area contributed by atoms with Crippen LogP contribution in [0.3, 0.4) is 0 Å². The summed E-state index contributed by atoms with van der Waals surface area (Å²) in [4.78, 5) is 28.3. The molecule has 0 aliphatic heterocycles. The second-order valence-electron chi connectivity index (χ2n) is 7.40. The second kappa shape index (κ2) is 11.3. The number of nitrogens with zero attached hydrogens (tertiary/aromatic N) is 1. The number of thioether (sulfide) groups is 1. The highest BCUT2D eigenvalue weighted by molar-refractivity contribution is 7.99. The molecule has 0 saturated carbocycles. The van der Waals surface area contributed by atoms with Gasteiger partial charge in [-0.15, -0.1) is 11.8 Å². The Morgan fingerprint density at radius 1 is 1.10 bits per heavy atom. The van der Waals surface area contributed by atoms with E-state index < -0.39 is 6.04 Å². The number of rotatable bonds is 9. The number of carbonyl (C=O) groups excluding carboxylic acids is 2. The topological polar surface area (TPSA) is 49.4 Å². The Balaban J connectivity index is 2.06. The summed E-state index contributed by atoms with van der Waals surface area (Å²) in [6.45, 7) is 7.99. The van der Waals surface area contributed by atoms with Crippen molar-refractivity contribution in [2.24, 2.45) is 0 Å². The number of amides is 2. The second-order valence-corrected chi connectivity index (χ2v) is 9.01. The van der Waals surface area contributed by atoms with Crippen LogP contribution in [0.1, 0.15) is 38.3 Å². The van der Waals surface area contributed by atoms with Gasteiger partial charge in [0, 0.05) is 34.7 Å². The molecular weight excluding hydrogens is 404 g/mol. The van der Waals surface area contributed by atoms with E-state index in [0.29, 0.717) is 23.7 Å². The Labute approximate surface area is 183 Å². The van der Waals surface area contributed by atoms with E-state index in [4.69, 9.17) is 11.6 Å². The predicted octanol–water partition coefficient (Wildman–Crippen LogP) is 5.07. The number of carbonyl (C=O) groups is 2. The molecule has 156 valence electrons. The molecule has 1 atom stereocenters. The lowest BCUT2D eigenvalue weighted by molar-refractivity contribution is -0.140. The van der Waals surface area contributed by atoms with E-state index in [0.717, 1.165) is 10.5 Å². The van der Waals surface area contributed by atoms with Gasteiger partial charge >= 0.3 is 0 Å². The molecule has 6 heteroatoms. The normalized spacial score (nSPS) is 11.9. The largest absolute Gasteiger partial charge is 0.352 e. The third-order valence-corrected chi connectivity index (χ3v) is 5.69. The minimum Gasteiger partial charge on any atom is -0.352 e. The Hall–Kier alpha value is -1.98. The van der Waals surface area contributed by atoms with Crippen LogP contribution in [0.4, 0.5) is 0 Å². The van der Waals surface area contributed by atoms with Gasteiger partial charge in [-0.25, -0.2) is 0 Å². The molecule has 0 aromatic heterocycles. The summed E-state index contributed by atoms with van der Waals surface area (Å²) in [5.41, 5.74) is 2.12. The zero-order valence-corrected chi connectivity index (χ0v) is 19.0. The van der Waals surface area contributed by atoms with Crippen molar-refractivity contribution in [1.82, 2.24) is 10.2 Å². The van der Waals surface area contributed by atoms with Crippen molar-refractivity contribution in [3.8, 4) is 0 Å². The summed E-state index contributed by atoms with van der Waals surface area (Å²) in [5.74, 6) is 0.462. The molecule has 0 saturated heterocycles. The molecule has 0 bridgehead atoms. The third kappa shape index (κ3) is 7.75. The van der Waals surface area contributed by atoms with Gasteiger partial charge in [0.2, 0.25) is 11.8 Å². The molecule has 0 aliphatic rings. The van der Waals surface area contributed by atoms with Gasteiger partial charge in [0.25, 0.3) is 0 Å². The zero-order chi connectivity index (χ0) is 21.4. The third-order valence-electron chi connectivity index (χ3n) is 4.45. The van der Waals surface area contributed by atoms with Crippen molar-refractivity contribution in [2.45, 2.75) is 57.6 Å². The maximum absolute atomic E-state index is 13.0. The highest BCUT2D eigenvalue weighted by Gasteiger charge is 2.26. The van der Waals surface area contributed by atoms with Crippen LogP contribution in [0.25, 0.3) is 0 Å². The van der Waals surface area contributed by atoms with E-state index in [2.05, 4.69) is 36.5 Å². The lowest BCUT2D eigenvalue weighted by Gasteiger charge is -2.29. The molecule has 1 N–H and O–H groups in total. The summed E-state index contributed by atoms with van der Waals surface area (Å²) in [6.07, 6.45) is 0.360. The SMILES string of the molecule is Cc1ccc(SCCC(=O)N(Cc2cccc(Cl)c2)[C@@H](C)C(=O)NC(C)C)cc1. The molecule has 0 fully saturated rings. The van der Waals surface area contributed by atoms with Crippen molar-refractivity contribution < 1.29 is 9.59 Å². The first-order chi connectivity index (χ1) is 13.8. The number of aryl methyl sites for hydroxylation is 1. The number of hydrogen-bond acceptors (Lipinski definition) is 3. The lowest BCUT2D eigenvalue weighted by atomic mass is 10.1. The maximum Gasteiger partial charge on any atom is 0.242 e. The Bertz CT molecular complexity index is 824. The number of nitrogens with one attached hydrogen (secondary N) is 1. The smallest absolute Gasteiger partial charge is 0.242 e. The molecule has 2 rings (SSSR count). The maximum atomic E-state index is 13.0. The van der Waals surface area contributed by atoms with Gasteiger partial charge in [-0.3, -0.25) is 9.59 Å². The van der Waals surface area contributed by atoms with Gasteiger partial charge in [0.15, 0.2) is 0 Å². The fourth-order valence-corrected chi connectivity index (χ4v) is 3.91. The van der Waals surface area contributed by atoms with E-state index in [9.17, 15) is 9.59 Å². The van der Waals surface area contributed by atoms with Crippen LogP contribution in [0.15, 0.2) is 53.4 Å². The van der Waals surface area contributed by atoms with E-state index in [-0.39, 0.29) is 17.9 Å². The number of hydrogen-bond donors (Lipinski definition) is 1. The van der Waals surface area contributed by atoms with Gasteiger partial charge in [0.05, 0.1) is 0 Å². The van der Waals surface area contributed by atoms with Crippen molar-refractivity contribution in [1.29, 1.82) is 0 Å². The molecule has 2 aromatic carbocycles. The minimum atomic E-state index is -0.562. The van der Waals surface area contributed by atoms with Crippen LogP contribution in [0, 0.1) is 6.92 Å². The molecule has 4 nitrogen and oxygen atoms in total. The monoisotopic (exact) mass is 432 g/mol. The Morgan fingerprint density at radius 2 is 1.79 bits per heavy atom. The van der Waals surface area contributed by atoms with Crippen LogP contribution in [0.5, 0.6) is 0 Å². The van der Waals surface area contributed by atoms with Crippen LogP contribution in [-0.2, 0) is 16.1 Å². The molecule has 29 heavy (non-hydrogen) atoms. The first-order valence-electron chi connectivity index (χ1n) is 9.80. The Morgan fingerprint density at radius 3 is 2.41 bits per heavy atom. The molecule has 0 spiro atoms. The summed E-state index contributed by atoms with van der Waals surface area (Å²) in [7, 11) is 0. The summed E-state index contributed by atoms with van der Waals surface area (Å²) < 4.78 is 0. The minimum absolute atomic E-state index is 0.0187. The molecule has 2 aromatic rings. The quantitative estimate of drug-likeness (QED) is 0.562. The van der Waals surface area contributed by atoms with Crippen LogP contribution in [-0.4, -0.2) is 34.6 Å². The van der Waals surface area contributed by atoms with Crippen molar-refractivity contribution in [2.75, 3.05) is 5.75 Å². The van der Waals surface area contributed by atoms with Crippen LogP contribution in [0.2, 0.25) is 5.02 Å². The average Bonchev–Trinajstić information content (AvgIpc) is 2.66. The van der Waals surface area contributed by atoms with Gasteiger partial charge in [-0.1, -0.05) is 41.4 Å². The number of benzene rings is 2. The van der Waals surface area contributed by atoms with Crippen molar-refractivity contribution in [3.05, 3.63) is 64.7 Å². The average molecular weight is 433 g/mol. The summed E-state index contributed by atoms with van der Waals surface area (Å²) in [6, 6.07) is 15.1. The molecule has 0 aliphatic carbocycles. The summed E-state index contributed by atoms with van der Waals surface area (Å²) in [5, 5.41) is 3.51. The Kier molecular flexibility index (Phi) is 9.05. The van der Waals surface area contributed by atoms with Gasteiger partial charge in [-0.05, 0) is 57.5 Å². The zero-order valence-electron chi connectivity index (χ0n) is 17.4. The van der Waals surface area contributed by atoms with E-state index >= 15 is 0 Å². The van der Waals surface area contributed by atoms with E-state index in [1.54, 1.807) is 29.7 Å². The van der Waals surface area contributed by atoms with E-state index in [1.165, 1.54) is 5.56 Å². The summed E-state index contributed by atoms with van der Waals surface area (Å²) >= 11 is 7.74. The van der Waals surface area contributed by atoms with Gasteiger partial charge < -0.3 is 10.2 Å². The standard InChI is InChI=1S/C23H29ClN2O2S/c1-16(2)25-23(28)18(4)26(15-19-6-5-7-20(24)14-19)22(27)12-13-29-21-10-8-17(3)9-11-21/h5-11,14,16,18H,12-13,15H2,1-4H3,(H,25,28)/t18-/m0/s1. The molecule has 0 radical (unpaired) electrons. The van der Waals surface area contributed by atoms with Crippen LogP contribution < -0.4 is 5.32 Å². The lowest BCUT2D eigenvalue weighted by Crippen LogP contribution is -2.49. The van der Waals surface area contributed by atoms with E-state index in [1.807, 2.05) is 32.0 Å². The highest BCUT2D eigenvalue weighted by Crippen LogP contribution is 2.21. The first-order valence-corrected chi connectivity index (χ1v) is 11.2. The molecule has 0 unspecified atom stereocenters. The first kappa shape index (κ1) is 23.3. The molecule has 0 heterocycles. The fraction of sp³-hybridized carbons (Fsp3) is 0.391. The van der Waals surface area contributed by atoms with Gasteiger partial charge in [-0.2, -0.15) is 0 Å². The number of halogens is 1. The molecule has 2 amide bonds. The molecular formula is C23H29ClN2O2S.